The Hall–Kier alpha value is -7.66. The van der Waals surface area contributed by atoms with E-state index in [-0.39, 0.29) is 48.1 Å². The fourth-order valence-electron chi connectivity index (χ4n) is 12.0. The van der Waals surface area contributed by atoms with Gasteiger partial charge in [0.1, 0.15) is 24.1 Å². The first-order valence-electron chi connectivity index (χ1n) is 27.6. The lowest BCUT2D eigenvalue weighted by Crippen LogP contribution is -2.49. The van der Waals surface area contributed by atoms with E-state index in [9.17, 15) is 10.1 Å². The minimum Gasteiger partial charge on any atom is -0.544 e. The summed E-state index contributed by atoms with van der Waals surface area (Å²) >= 11 is 0. The summed E-state index contributed by atoms with van der Waals surface area (Å²) < 4.78 is 16.7. The van der Waals surface area contributed by atoms with E-state index in [4.69, 9.17) is 9.16 Å². The van der Waals surface area contributed by atoms with Gasteiger partial charge in [0, 0.05) is 86.1 Å². The predicted molar refractivity (Wildman–Crippen MR) is 310 cm³/mol. The molecule has 2 aromatic heterocycles. The Labute approximate surface area is 460 Å². The standard InChI is InChI=1S/C65H71N7O5Si/c1-42-56(63(74)72(60-35-49(37-66)67(6)43(60)2)48-24-26-51(27-25-48)77-78(8,9)65(3,4)5)36-61(68(42)7)57-33-45-28-31-70(64(75)76-41-59-54-22-14-12-20-52(54)53-21-13-15-23-55(53)59)38-47(45)34-58(57)62(73)71-39-46-19-11-10-18-44(46)32-50(71)40-69-29-16-17-30-69/h10-15,18-27,33-36,50,59H,16-17,28-32,38-41H2,1-9H3/t50-/m0/s1. The fourth-order valence-corrected chi connectivity index (χ4v) is 13.1. The second-order valence-corrected chi connectivity index (χ2v) is 28.2. The number of aromatic nitrogens is 2. The summed E-state index contributed by atoms with van der Waals surface area (Å²) in [6.07, 6.45) is 3.23. The molecule has 5 aromatic carbocycles. The topological polar surface area (TPSA) is 116 Å². The molecule has 3 aliphatic heterocycles. The lowest BCUT2D eigenvalue weighted by molar-refractivity contribution is 0.0594. The van der Waals surface area contributed by atoms with Gasteiger partial charge < -0.3 is 33.0 Å². The third-order valence-electron chi connectivity index (χ3n) is 17.8. The number of carbonyl (C=O) groups excluding carboxylic acids is 3. The maximum absolute atomic E-state index is 15.9. The number of hydrogen-bond donors (Lipinski definition) is 0. The first-order chi connectivity index (χ1) is 37.4. The van der Waals surface area contributed by atoms with Crippen molar-refractivity contribution in [1.29, 1.82) is 5.26 Å². The number of hydrogen-bond acceptors (Lipinski definition) is 7. The van der Waals surface area contributed by atoms with Gasteiger partial charge in [0.25, 0.3) is 11.8 Å². The third kappa shape index (κ3) is 9.53. The molecule has 0 radical (unpaired) electrons. The summed E-state index contributed by atoms with van der Waals surface area (Å²) in [5.41, 5.74) is 14.6. The van der Waals surface area contributed by atoms with E-state index < -0.39 is 8.32 Å². The van der Waals surface area contributed by atoms with E-state index in [0.717, 1.165) is 95.1 Å². The number of fused-ring (bicyclic) bond motifs is 5. The molecule has 0 unspecified atom stereocenters. The van der Waals surface area contributed by atoms with E-state index in [0.29, 0.717) is 47.7 Å². The lowest BCUT2D eigenvalue weighted by atomic mass is 9.89. The van der Waals surface area contributed by atoms with Crippen LogP contribution < -0.4 is 9.33 Å². The van der Waals surface area contributed by atoms with Crippen molar-refractivity contribution in [2.75, 3.05) is 37.7 Å². The third-order valence-corrected chi connectivity index (χ3v) is 22.2. The average molecular weight is 1060 g/mol. The van der Waals surface area contributed by atoms with Crippen LogP contribution in [0.25, 0.3) is 22.4 Å². The Morgan fingerprint density at radius 2 is 1.37 bits per heavy atom. The Kier molecular flexibility index (Phi) is 13.8. The number of benzene rings is 5. The van der Waals surface area contributed by atoms with Crippen LogP contribution in [-0.2, 0) is 44.8 Å². The van der Waals surface area contributed by atoms with E-state index in [2.05, 4.69) is 116 Å². The molecule has 7 aromatic rings. The molecule has 5 heterocycles. The van der Waals surface area contributed by atoms with Crippen LogP contribution >= 0.6 is 0 Å². The van der Waals surface area contributed by atoms with Gasteiger partial charge in [0.2, 0.25) is 8.32 Å². The summed E-state index contributed by atoms with van der Waals surface area (Å²) in [4.78, 5) is 53.8. The molecule has 78 heavy (non-hydrogen) atoms. The Morgan fingerprint density at radius 3 is 2.03 bits per heavy atom. The molecule has 0 spiro atoms. The zero-order chi connectivity index (χ0) is 54.8. The van der Waals surface area contributed by atoms with Crippen molar-refractivity contribution in [2.45, 2.75) is 103 Å². The van der Waals surface area contributed by atoms with Crippen LogP contribution in [0.1, 0.15) is 111 Å². The first-order valence-corrected chi connectivity index (χ1v) is 30.5. The average Bonchev–Trinajstić information content (AvgIpc) is 4.24. The van der Waals surface area contributed by atoms with E-state index in [1.165, 1.54) is 16.7 Å². The van der Waals surface area contributed by atoms with Gasteiger partial charge in [-0.05, 0) is 164 Å². The van der Waals surface area contributed by atoms with Gasteiger partial charge >= 0.3 is 6.09 Å². The second-order valence-electron chi connectivity index (χ2n) is 23.5. The summed E-state index contributed by atoms with van der Waals surface area (Å²) in [5, 5.41) is 10.2. The number of rotatable bonds is 11. The molecule has 0 N–H and O–H groups in total. The summed E-state index contributed by atoms with van der Waals surface area (Å²) in [6, 6.07) is 43.0. The van der Waals surface area contributed by atoms with Crippen molar-refractivity contribution in [3.63, 3.8) is 0 Å². The van der Waals surface area contributed by atoms with Gasteiger partial charge in [-0.3, -0.25) is 14.5 Å². The molecule has 0 bridgehead atoms. The molecule has 3 amide bonds. The Balaban J connectivity index is 0.966. The van der Waals surface area contributed by atoms with E-state index in [1.54, 1.807) is 15.9 Å². The fraction of sp³-hybridized carbons (Fsp3) is 0.354. The number of nitriles is 1. The van der Waals surface area contributed by atoms with Gasteiger partial charge in [-0.25, -0.2) is 4.79 Å². The zero-order valence-corrected chi connectivity index (χ0v) is 47.7. The number of nitrogens with zero attached hydrogens (tertiary/aromatic N) is 7. The summed E-state index contributed by atoms with van der Waals surface area (Å²) in [7, 11) is 1.63. The monoisotopic (exact) mass is 1060 g/mol. The van der Waals surface area contributed by atoms with Crippen LogP contribution in [0.5, 0.6) is 5.75 Å². The van der Waals surface area contributed by atoms with Crippen molar-refractivity contribution < 1.29 is 23.5 Å². The molecule has 13 heteroatoms. The molecular weight excluding hydrogens is 987 g/mol. The lowest BCUT2D eigenvalue weighted by Gasteiger charge is -2.39. The highest BCUT2D eigenvalue weighted by Gasteiger charge is 2.40. The van der Waals surface area contributed by atoms with Crippen LogP contribution in [0, 0.1) is 25.2 Å². The highest BCUT2D eigenvalue weighted by atomic mass is 28.4. The number of carbonyl (C=O) groups is 3. The normalized spacial score (nSPS) is 16.3. The molecule has 1 saturated heterocycles. The summed E-state index contributed by atoms with van der Waals surface area (Å²) in [5.74, 6) is 0.324. The number of anilines is 2. The van der Waals surface area contributed by atoms with Crippen molar-refractivity contribution in [1.82, 2.24) is 23.8 Å². The molecule has 4 aliphatic rings. The van der Waals surface area contributed by atoms with Gasteiger partial charge in [0.05, 0.1) is 11.3 Å². The van der Waals surface area contributed by atoms with E-state index in [1.807, 2.05) is 85.6 Å². The minimum absolute atomic E-state index is 0.00621. The van der Waals surface area contributed by atoms with Gasteiger partial charge in [-0.1, -0.05) is 93.6 Å². The molecule has 1 atom stereocenters. The van der Waals surface area contributed by atoms with Crippen molar-refractivity contribution in [3.05, 3.63) is 183 Å². The molecule has 11 rings (SSSR count). The molecule has 1 fully saturated rings. The maximum Gasteiger partial charge on any atom is 0.410 e. The largest absolute Gasteiger partial charge is 0.544 e. The number of ether oxygens (including phenoxy) is 1. The quantitative estimate of drug-likeness (QED) is 0.118. The van der Waals surface area contributed by atoms with Gasteiger partial charge in [0.15, 0.2) is 0 Å². The molecule has 12 nitrogen and oxygen atoms in total. The smallest absolute Gasteiger partial charge is 0.410 e. The van der Waals surface area contributed by atoms with Gasteiger partial charge in [-0.2, -0.15) is 5.26 Å². The first kappa shape index (κ1) is 52.4. The SMILES string of the molecule is Cc1c(N(C(=O)c2cc(-c3cc4c(cc3C(=O)N3Cc5ccccc5C[C@H]3CN3CCCC3)CN(C(=O)OCC3c5ccccc5-c5ccccc53)CC4)n(C)c2C)c2ccc(O[Si](C)(C)C(C)(C)C)cc2)cc(C#N)n1C. The highest BCUT2D eigenvalue weighted by molar-refractivity contribution is 6.74. The molecule has 1 aliphatic carbocycles. The Bertz CT molecular complexity index is 3490. The van der Waals surface area contributed by atoms with Crippen molar-refractivity contribution >= 4 is 37.6 Å². The highest BCUT2D eigenvalue weighted by Crippen LogP contribution is 2.45. The van der Waals surface area contributed by atoms with Crippen LogP contribution in [-0.4, -0.2) is 88.9 Å². The summed E-state index contributed by atoms with van der Waals surface area (Å²) in [6.45, 7) is 19.2. The van der Waals surface area contributed by atoms with Crippen LogP contribution in [0.4, 0.5) is 16.2 Å². The number of likely N-dealkylation sites (tertiary alicyclic amines) is 1. The van der Waals surface area contributed by atoms with Crippen LogP contribution in [0.2, 0.25) is 18.1 Å². The van der Waals surface area contributed by atoms with Gasteiger partial charge in [-0.15, -0.1) is 0 Å². The number of amides is 3. The zero-order valence-electron chi connectivity index (χ0n) is 46.7. The predicted octanol–water partition coefficient (Wildman–Crippen LogP) is 12.9. The van der Waals surface area contributed by atoms with Crippen LogP contribution in [0.15, 0.2) is 121 Å². The Morgan fingerprint density at radius 1 is 0.718 bits per heavy atom. The molecule has 400 valence electrons. The second kappa shape index (κ2) is 20.6. The maximum atomic E-state index is 15.9. The van der Waals surface area contributed by atoms with Crippen molar-refractivity contribution in [2.24, 2.45) is 14.1 Å². The molecular formula is C65H71N7O5Si. The van der Waals surface area contributed by atoms with Crippen LogP contribution in [0.3, 0.4) is 0 Å². The minimum atomic E-state index is -2.16. The van der Waals surface area contributed by atoms with Crippen molar-refractivity contribution in [3.8, 4) is 34.2 Å². The van der Waals surface area contributed by atoms with E-state index >= 15 is 9.59 Å². The molecule has 0 saturated carbocycles.